The van der Waals surface area contributed by atoms with E-state index in [1.54, 1.807) is 16.8 Å². The van der Waals surface area contributed by atoms with Crippen LogP contribution in [-0.2, 0) is 13.6 Å². The first-order valence-corrected chi connectivity index (χ1v) is 18.2. The van der Waals surface area contributed by atoms with Crippen molar-refractivity contribution in [2.24, 2.45) is 0 Å². The molecule has 1 aliphatic heterocycles. The second kappa shape index (κ2) is 12.2. The summed E-state index contributed by atoms with van der Waals surface area (Å²) >= 11 is 0. The zero-order chi connectivity index (χ0) is 27.6. The Kier molecular flexibility index (Phi) is 10.6. The van der Waals surface area contributed by atoms with Crippen LogP contribution in [-0.4, -0.2) is 45.0 Å². The molecule has 0 aromatic carbocycles. The van der Waals surface area contributed by atoms with Gasteiger partial charge < -0.3 is 19.3 Å². The molecule has 0 spiro atoms. The van der Waals surface area contributed by atoms with Crippen LogP contribution in [0.4, 0.5) is 5.82 Å². The molecule has 36 heavy (non-hydrogen) atoms. The Balaban J connectivity index is 2.46. The summed E-state index contributed by atoms with van der Waals surface area (Å²) in [6.07, 6.45) is 1.45. The Morgan fingerprint density at radius 3 is 1.81 bits per heavy atom. The molecule has 0 amide bonds. The van der Waals surface area contributed by atoms with Gasteiger partial charge in [-0.05, 0) is 39.3 Å². The van der Waals surface area contributed by atoms with E-state index >= 15 is 0 Å². The molecule has 9 heteroatoms. The van der Waals surface area contributed by atoms with Crippen LogP contribution in [0.25, 0.3) is 0 Å². The normalized spacial score (nSPS) is 21.8. The van der Waals surface area contributed by atoms with Gasteiger partial charge in [-0.15, -0.1) is 0 Å². The van der Waals surface area contributed by atoms with Crippen LogP contribution in [0.3, 0.4) is 0 Å². The number of ether oxygens (including phenoxy) is 1. The molecule has 1 saturated heterocycles. The quantitative estimate of drug-likeness (QED) is 0.292. The fraction of sp³-hybridized carbons (Fsp3) is 0.852. The SMILES string of the molecule is CC(C)[Si](OC[C@H]1O[C@@H](n2ccc(N)nc2=O)C[C@@H]1O[Si](C(C)C)(C(C)C)C(C)C)(C(C)C)C(C)C. The van der Waals surface area contributed by atoms with Gasteiger partial charge in [-0.2, -0.15) is 4.98 Å². The van der Waals surface area contributed by atoms with E-state index in [1.165, 1.54) is 0 Å². The second-order valence-electron chi connectivity index (χ2n) is 12.5. The fourth-order valence-corrected chi connectivity index (χ4v) is 18.2. The number of nitrogens with zero attached hydrogens (tertiary/aromatic N) is 2. The lowest BCUT2D eigenvalue weighted by Gasteiger charge is -2.45. The Labute approximate surface area is 221 Å². The van der Waals surface area contributed by atoms with E-state index in [0.717, 1.165) is 0 Å². The Morgan fingerprint density at radius 1 is 0.917 bits per heavy atom. The third kappa shape index (κ3) is 6.00. The van der Waals surface area contributed by atoms with Gasteiger partial charge in [0.25, 0.3) is 0 Å². The van der Waals surface area contributed by atoms with Crippen LogP contribution in [0, 0.1) is 0 Å². The summed E-state index contributed by atoms with van der Waals surface area (Å²) in [6.45, 7) is 28.1. The maximum absolute atomic E-state index is 12.7. The molecule has 1 aliphatic rings. The average molecular weight is 540 g/mol. The van der Waals surface area contributed by atoms with Crippen molar-refractivity contribution >= 4 is 22.5 Å². The highest BCUT2D eigenvalue weighted by atomic mass is 28.4. The average Bonchev–Trinajstić information content (AvgIpc) is 3.13. The highest BCUT2D eigenvalue weighted by molar-refractivity contribution is 6.78. The van der Waals surface area contributed by atoms with E-state index in [-0.39, 0.29) is 18.0 Å². The Bertz CT molecular complexity index is 858. The molecule has 0 saturated carbocycles. The first kappa shape index (κ1) is 31.2. The minimum absolute atomic E-state index is 0.142. The molecule has 1 aromatic rings. The maximum Gasteiger partial charge on any atom is 0.351 e. The molecule has 2 heterocycles. The Hall–Kier alpha value is -1.01. The van der Waals surface area contributed by atoms with Crippen molar-refractivity contribution in [1.82, 2.24) is 9.55 Å². The molecule has 1 aromatic heterocycles. The molecule has 0 aliphatic carbocycles. The van der Waals surface area contributed by atoms with Crippen molar-refractivity contribution in [2.75, 3.05) is 12.3 Å². The van der Waals surface area contributed by atoms with E-state index in [2.05, 4.69) is 88.1 Å². The summed E-state index contributed by atoms with van der Waals surface area (Å²) in [6, 6.07) is 1.65. The van der Waals surface area contributed by atoms with Crippen molar-refractivity contribution in [3.05, 3.63) is 22.7 Å². The predicted molar refractivity (Wildman–Crippen MR) is 154 cm³/mol. The van der Waals surface area contributed by atoms with Crippen molar-refractivity contribution in [3.8, 4) is 0 Å². The van der Waals surface area contributed by atoms with Gasteiger partial charge in [0.15, 0.2) is 8.32 Å². The minimum atomic E-state index is -2.18. The van der Waals surface area contributed by atoms with Gasteiger partial charge in [-0.3, -0.25) is 4.57 Å². The van der Waals surface area contributed by atoms with Crippen molar-refractivity contribution in [2.45, 2.75) is 141 Å². The van der Waals surface area contributed by atoms with Crippen molar-refractivity contribution < 1.29 is 13.6 Å². The molecule has 0 radical (unpaired) electrons. The van der Waals surface area contributed by atoms with Crippen LogP contribution in [0.1, 0.15) is 95.7 Å². The van der Waals surface area contributed by atoms with Gasteiger partial charge in [0, 0.05) is 12.6 Å². The molecule has 0 bridgehead atoms. The zero-order valence-corrected chi connectivity index (χ0v) is 26.9. The molecule has 0 unspecified atom stereocenters. The van der Waals surface area contributed by atoms with Gasteiger partial charge >= 0.3 is 5.69 Å². The number of nitrogen functional groups attached to an aromatic ring is 1. The van der Waals surface area contributed by atoms with Crippen LogP contribution in [0.5, 0.6) is 0 Å². The van der Waals surface area contributed by atoms with Crippen molar-refractivity contribution in [1.29, 1.82) is 0 Å². The minimum Gasteiger partial charge on any atom is -0.413 e. The molecular weight excluding hydrogens is 486 g/mol. The second-order valence-corrected chi connectivity index (χ2v) is 23.4. The van der Waals surface area contributed by atoms with Gasteiger partial charge in [0.1, 0.15) is 18.1 Å². The summed E-state index contributed by atoms with van der Waals surface area (Å²) in [5, 5.41) is 0. The number of anilines is 1. The lowest BCUT2D eigenvalue weighted by molar-refractivity contribution is -0.0422. The summed E-state index contributed by atoms with van der Waals surface area (Å²) in [7, 11) is -4.27. The summed E-state index contributed by atoms with van der Waals surface area (Å²) in [5.41, 5.74) is 8.15. The number of rotatable bonds is 12. The number of nitrogens with two attached hydrogens (primary N) is 1. The van der Waals surface area contributed by atoms with Crippen LogP contribution in [0.15, 0.2) is 17.1 Å². The largest absolute Gasteiger partial charge is 0.413 e. The maximum atomic E-state index is 12.7. The molecule has 208 valence electrons. The zero-order valence-electron chi connectivity index (χ0n) is 24.9. The molecule has 3 atom stereocenters. The standard InChI is InChI=1S/C27H53N3O4Si2/c1-17(2)35(18(3)4,19(5)6)32-16-24-23(34-36(20(7)8,21(9)10)22(11)12)15-26(33-24)30-14-13-25(28)29-27(30)31/h13-14,17-24,26H,15-16H2,1-12H3,(H2,28,29,31)/t23-,24+,26+/m0/s1. The van der Waals surface area contributed by atoms with E-state index in [4.69, 9.17) is 19.3 Å². The number of hydrogen-bond donors (Lipinski definition) is 1. The van der Waals surface area contributed by atoms with E-state index in [0.29, 0.717) is 46.3 Å². The van der Waals surface area contributed by atoms with Gasteiger partial charge in [-0.1, -0.05) is 83.1 Å². The van der Waals surface area contributed by atoms with Gasteiger partial charge in [0.05, 0.1) is 12.7 Å². The third-order valence-electron chi connectivity index (χ3n) is 8.61. The monoisotopic (exact) mass is 539 g/mol. The first-order chi connectivity index (χ1) is 16.6. The topological polar surface area (TPSA) is 88.6 Å². The molecule has 2 N–H and O–H groups in total. The van der Waals surface area contributed by atoms with Gasteiger partial charge in [0.2, 0.25) is 8.32 Å². The molecular formula is C27H53N3O4Si2. The van der Waals surface area contributed by atoms with Crippen molar-refractivity contribution in [3.63, 3.8) is 0 Å². The predicted octanol–water partition coefficient (Wildman–Crippen LogP) is 6.87. The molecule has 2 rings (SSSR count). The highest BCUT2D eigenvalue weighted by Gasteiger charge is 2.51. The van der Waals surface area contributed by atoms with Gasteiger partial charge in [-0.25, -0.2) is 4.79 Å². The third-order valence-corrected chi connectivity index (χ3v) is 20.8. The van der Waals surface area contributed by atoms with E-state index in [9.17, 15) is 4.79 Å². The van der Waals surface area contributed by atoms with Crippen LogP contribution < -0.4 is 11.4 Å². The Morgan fingerprint density at radius 2 is 1.39 bits per heavy atom. The summed E-state index contributed by atoms with van der Waals surface area (Å²) in [5.74, 6) is 0.217. The highest BCUT2D eigenvalue weighted by Crippen LogP contribution is 2.47. The molecule has 7 nitrogen and oxygen atoms in total. The van der Waals surface area contributed by atoms with E-state index < -0.39 is 28.6 Å². The van der Waals surface area contributed by atoms with Crippen LogP contribution in [0.2, 0.25) is 33.2 Å². The smallest absolute Gasteiger partial charge is 0.351 e. The lowest BCUT2D eigenvalue weighted by Crippen LogP contribution is -2.53. The van der Waals surface area contributed by atoms with Crippen LogP contribution >= 0.6 is 0 Å². The first-order valence-electron chi connectivity index (χ1n) is 13.9. The fourth-order valence-electron chi connectivity index (χ4n) is 7.19. The van der Waals surface area contributed by atoms with E-state index in [1.807, 2.05) is 0 Å². The number of aromatic nitrogens is 2. The summed E-state index contributed by atoms with van der Waals surface area (Å²) in [4.78, 5) is 16.6. The molecule has 1 fully saturated rings. The summed E-state index contributed by atoms with van der Waals surface area (Å²) < 4.78 is 22.4. The lowest BCUT2D eigenvalue weighted by atomic mass is 10.2. The number of hydrogen-bond acceptors (Lipinski definition) is 6.